The number of methoxy groups -OCH3 is 1. The van der Waals surface area contributed by atoms with E-state index in [1.54, 1.807) is 12.1 Å². The van der Waals surface area contributed by atoms with E-state index in [1.807, 2.05) is 74.3 Å². The molecular weight excluding hydrogens is 416 g/mol. The Hall–Kier alpha value is -3.85. The van der Waals surface area contributed by atoms with Gasteiger partial charge >= 0.3 is 11.9 Å². The molecule has 0 atom stereocenters. The SMILES string of the molecule is COC(=O)c1ccc2c(c1)C(C)(C)C(=CC=C(C#N)C(=O)OCCCc1ccccc1)N2C. The molecule has 170 valence electrons. The number of esters is 2. The molecule has 1 heterocycles. The molecular formula is C27H28N2O4. The fourth-order valence-corrected chi connectivity index (χ4v) is 4.06. The number of aryl methyl sites for hydroxylation is 1. The number of rotatable bonds is 7. The lowest BCUT2D eigenvalue weighted by Gasteiger charge is -2.23. The van der Waals surface area contributed by atoms with Crippen LogP contribution in [0.15, 0.2) is 72.0 Å². The van der Waals surface area contributed by atoms with Crippen molar-refractivity contribution in [2.45, 2.75) is 32.1 Å². The predicted molar refractivity (Wildman–Crippen MR) is 127 cm³/mol. The van der Waals surface area contributed by atoms with Gasteiger partial charge in [0.15, 0.2) is 0 Å². The van der Waals surface area contributed by atoms with Crippen LogP contribution < -0.4 is 4.90 Å². The number of likely N-dealkylation sites (N-methyl/N-ethyl adjacent to an activating group) is 1. The third-order valence-electron chi connectivity index (χ3n) is 5.89. The number of ether oxygens (including phenoxy) is 2. The number of allylic oxidation sites excluding steroid dienone is 3. The maximum atomic E-state index is 12.4. The van der Waals surface area contributed by atoms with E-state index in [0.717, 1.165) is 23.4 Å². The molecule has 33 heavy (non-hydrogen) atoms. The Kier molecular flexibility index (Phi) is 7.34. The molecule has 1 aliphatic heterocycles. The van der Waals surface area contributed by atoms with E-state index in [-0.39, 0.29) is 12.2 Å². The maximum absolute atomic E-state index is 12.4. The zero-order chi connectivity index (χ0) is 24.0. The minimum absolute atomic E-state index is 0.0578. The molecule has 0 spiro atoms. The van der Waals surface area contributed by atoms with Crippen LogP contribution in [0.1, 0.15) is 41.8 Å². The monoisotopic (exact) mass is 444 g/mol. The van der Waals surface area contributed by atoms with E-state index in [4.69, 9.17) is 9.47 Å². The average molecular weight is 445 g/mol. The van der Waals surface area contributed by atoms with E-state index < -0.39 is 17.4 Å². The Labute approximate surface area is 194 Å². The maximum Gasteiger partial charge on any atom is 0.348 e. The molecule has 0 amide bonds. The fourth-order valence-electron chi connectivity index (χ4n) is 4.06. The number of hydrogen-bond donors (Lipinski definition) is 0. The summed E-state index contributed by atoms with van der Waals surface area (Å²) in [6.45, 7) is 4.31. The van der Waals surface area contributed by atoms with Crippen LogP contribution in [0.3, 0.4) is 0 Å². The summed E-state index contributed by atoms with van der Waals surface area (Å²) in [6, 6.07) is 17.3. The van der Waals surface area contributed by atoms with Gasteiger partial charge in [-0.05, 0) is 54.3 Å². The standard InChI is InChI=1S/C27H28N2O4/c1-27(2)22-17-20(25(30)32-4)12-14-23(22)29(3)24(27)15-13-21(18-28)26(31)33-16-8-11-19-9-6-5-7-10-19/h5-7,9-10,12-15,17H,8,11,16H2,1-4H3. The van der Waals surface area contributed by atoms with Gasteiger partial charge in [-0.3, -0.25) is 0 Å². The summed E-state index contributed by atoms with van der Waals surface area (Å²) in [6.07, 6.45) is 4.75. The molecule has 0 aromatic heterocycles. The van der Waals surface area contributed by atoms with Crippen molar-refractivity contribution in [3.05, 3.63) is 88.6 Å². The van der Waals surface area contributed by atoms with Crippen molar-refractivity contribution in [2.75, 3.05) is 25.7 Å². The first-order valence-corrected chi connectivity index (χ1v) is 10.8. The number of carbonyl (C=O) groups excluding carboxylic acids is 2. The fraction of sp³-hybridized carbons (Fsp3) is 0.296. The highest BCUT2D eigenvalue weighted by Crippen LogP contribution is 2.47. The lowest BCUT2D eigenvalue weighted by atomic mass is 9.83. The summed E-state index contributed by atoms with van der Waals surface area (Å²) < 4.78 is 10.1. The molecule has 0 saturated heterocycles. The zero-order valence-electron chi connectivity index (χ0n) is 19.4. The number of anilines is 1. The summed E-state index contributed by atoms with van der Waals surface area (Å²) in [5.74, 6) is -1.03. The van der Waals surface area contributed by atoms with Crippen LogP contribution in [0.25, 0.3) is 0 Å². The molecule has 1 aliphatic rings. The second kappa shape index (κ2) is 10.2. The summed E-state index contributed by atoms with van der Waals surface area (Å²) in [5, 5.41) is 9.49. The first kappa shape index (κ1) is 23.8. The number of carbonyl (C=O) groups is 2. The van der Waals surface area contributed by atoms with Crippen LogP contribution in [-0.2, 0) is 26.1 Å². The molecule has 3 rings (SSSR count). The van der Waals surface area contributed by atoms with Crippen LogP contribution >= 0.6 is 0 Å². The zero-order valence-corrected chi connectivity index (χ0v) is 19.4. The minimum atomic E-state index is -0.633. The van der Waals surface area contributed by atoms with E-state index in [9.17, 15) is 14.9 Å². The number of nitriles is 1. The molecule has 0 fully saturated rings. The van der Waals surface area contributed by atoms with Crippen LogP contribution in [0, 0.1) is 11.3 Å². The number of hydrogen-bond acceptors (Lipinski definition) is 6. The van der Waals surface area contributed by atoms with E-state index in [1.165, 1.54) is 18.7 Å². The van der Waals surface area contributed by atoms with Gasteiger partial charge in [0, 0.05) is 23.8 Å². The van der Waals surface area contributed by atoms with E-state index in [0.29, 0.717) is 12.0 Å². The Balaban J connectivity index is 1.72. The summed E-state index contributed by atoms with van der Waals surface area (Å²) >= 11 is 0. The van der Waals surface area contributed by atoms with Crippen molar-refractivity contribution in [2.24, 2.45) is 0 Å². The van der Waals surface area contributed by atoms with Crippen molar-refractivity contribution in [3.63, 3.8) is 0 Å². The Morgan fingerprint density at radius 3 is 2.55 bits per heavy atom. The second-order valence-corrected chi connectivity index (χ2v) is 8.38. The highest BCUT2D eigenvalue weighted by molar-refractivity contribution is 5.93. The van der Waals surface area contributed by atoms with Gasteiger partial charge in [-0.1, -0.05) is 44.2 Å². The van der Waals surface area contributed by atoms with Crippen molar-refractivity contribution < 1.29 is 19.1 Å². The number of nitrogens with zero attached hydrogens (tertiary/aromatic N) is 2. The molecule has 0 N–H and O–H groups in total. The molecule has 2 aromatic carbocycles. The molecule has 6 nitrogen and oxygen atoms in total. The third-order valence-corrected chi connectivity index (χ3v) is 5.89. The van der Waals surface area contributed by atoms with Gasteiger partial charge in [-0.15, -0.1) is 0 Å². The predicted octanol–water partition coefficient (Wildman–Crippen LogP) is 4.71. The molecule has 2 aromatic rings. The second-order valence-electron chi connectivity index (χ2n) is 8.38. The topological polar surface area (TPSA) is 79.6 Å². The van der Waals surface area contributed by atoms with Gasteiger partial charge in [-0.25, -0.2) is 9.59 Å². The summed E-state index contributed by atoms with van der Waals surface area (Å²) in [5.41, 5.74) is 3.97. The smallest absolute Gasteiger partial charge is 0.348 e. The molecule has 0 radical (unpaired) electrons. The van der Waals surface area contributed by atoms with Gasteiger partial charge < -0.3 is 14.4 Å². The average Bonchev–Trinajstić information content (AvgIpc) is 3.02. The first-order chi connectivity index (χ1) is 15.8. The molecule has 0 aliphatic carbocycles. The van der Waals surface area contributed by atoms with Crippen molar-refractivity contribution >= 4 is 17.6 Å². The van der Waals surface area contributed by atoms with E-state index >= 15 is 0 Å². The lowest BCUT2D eigenvalue weighted by molar-refractivity contribution is -0.138. The number of fused-ring (bicyclic) bond motifs is 1. The largest absolute Gasteiger partial charge is 0.465 e. The number of benzene rings is 2. The molecule has 6 heteroatoms. The highest BCUT2D eigenvalue weighted by Gasteiger charge is 2.38. The first-order valence-electron chi connectivity index (χ1n) is 10.8. The molecule has 0 unspecified atom stereocenters. The Morgan fingerprint density at radius 2 is 1.88 bits per heavy atom. The normalized spacial score (nSPS) is 15.7. The quantitative estimate of drug-likeness (QED) is 0.266. The van der Waals surface area contributed by atoms with E-state index in [2.05, 4.69) is 0 Å². The van der Waals surface area contributed by atoms with Crippen molar-refractivity contribution in [1.82, 2.24) is 0 Å². The summed E-state index contributed by atoms with van der Waals surface area (Å²) in [7, 11) is 3.27. The minimum Gasteiger partial charge on any atom is -0.465 e. The van der Waals surface area contributed by atoms with Crippen LogP contribution in [-0.4, -0.2) is 32.7 Å². The third kappa shape index (κ3) is 5.15. The molecule has 0 bridgehead atoms. The Morgan fingerprint density at radius 1 is 1.15 bits per heavy atom. The highest BCUT2D eigenvalue weighted by atomic mass is 16.5. The van der Waals surface area contributed by atoms with Crippen LogP contribution in [0.4, 0.5) is 5.69 Å². The van der Waals surface area contributed by atoms with Crippen LogP contribution in [0.5, 0.6) is 0 Å². The van der Waals surface area contributed by atoms with Gasteiger partial charge in [0.1, 0.15) is 11.6 Å². The Bertz CT molecular complexity index is 1140. The summed E-state index contributed by atoms with van der Waals surface area (Å²) in [4.78, 5) is 26.3. The van der Waals surface area contributed by atoms with Gasteiger partial charge in [0.25, 0.3) is 0 Å². The van der Waals surface area contributed by atoms with Gasteiger partial charge in [-0.2, -0.15) is 5.26 Å². The van der Waals surface area contributed by atoms with Gasteiger partial charge in [0.2, 0.25) is 0 Å². The molecule has 0 saturated carbocycles. The van der Waals surface area contributed by atoms with Crippen molar-refractivity contribution in [1.29, 1.82) is 5.26 Å². The van der Waals surface area contributed by atoms with Gasteiger partial charge in [0.05, 0.1) is 19.3 Å². The lowest BCUT2D eigenvalue weighted by Crippen LogP contribution is -2.22. The van der Waals surface area contributed by atoms with Crippen molar-refractivity contribution in [3.8, 4) is 6.07 Å². The van der Waals surface area contributed by atoms with Crippen LogP contribution in [0.2, 0.25) is 0 Å².